The van der Waals surface area contributed by atoms with E-state index in [1.807, 2.05) is 12.1 Å². The highest BCUT2D eigenvalue weighted by atomic mass is 79.9. The first-order valence-electron chi connectivity index (χ1n) is 8.01. The van der Waals surface area contributed by atoms with Crippen LogP contribution in [0.15, 0.2) is 10.5 Å². The van der Waals surface area contributed by atoms with Gasteiger partial charge in [0.05, 0.1) is 33.7 Å². The van der Waals surface area contributed by atoms with Crippen molar-refractivity contribution >= 4 is 50.2 Å². The zero-order valence-corrected chi connectivity index (χ0v) is 16.5. The molecular formula is C17H12BrClFN5O3. The molecule has 2 aromatic rings. The van der Waals surface area contributed by atoms with Gasteiger partial charge in [0.15, 0.2) is 5.82 Å². The lowest BCUT2D eigenvalue weighted by atomic mass is 10.0. The first-order chi connectivity index (χ1) is 13.3. The molecule has 28 heavy (non-hydrogen) atoms. The number of nitriles is 2. The normalized spacial score (nSPS) is 16.7. The largest absolute Gasteiger partial charge is 0.492 e. The Morgan fingerprint density at radius 2 is 2.18 bits per heavy atom. The lowest BCUT2D eigenvalue weighted by molar-refractivity contribution is 0.119. The van der Waals surface area contributed by atoms with Gasteiger partial charge in [0.1, 0.15) is 17.1 Å². The quantitative estimate of drug-likeness (QED) is 0.647. The van der Waals surface area contributed by atoms with Crippen molar-refractivity contribution in [2.24, 2.45) is 0 Å². The molecule has 1 aliphatic heterocycles. The number of anilines is 1. The zero-order valence-electron chi connectivity index (χ0n) is 14.2. The predicted octanol–water partition coefficient (Wildman–Crippen LogP) is 3.45. The van der Waals surface area contributed by atoms with Gasteiger partial charge < -0.3 is 20.0 Å². The van der Waals surface area contributed by atoms with Crippen molar-refractivity contribution in [1.29, 1.82) is 10.5 Å². The van der Waals surface area contributed by atoms with Gasteiger partial charge in [-0.3, -0.25) is 0 Å². The van der Waals surface area contributed by atoms with Crippen LogP contribution in [-0.2, 0) is 0 Å². The van der Waals surface area contributed by atoms with Crippen LogP contribution in [0.4, 0.5) is 14.9 Å². The Hall–Kier alpha value is -2.82. The molecule has 1 aliphatic rings. The highest BCUT2D eigenvalue weighted by Crippen LogP contribution is 2.40. The predicted molar refractivity (Wildman–Crippen MR) is 102 cm³/mol. The fourth-order valence-electron chi connectivity index (χ4n) is 3.30. The van der Waals surface area contributed by atoms with Crippen LogP contribution in [-0.4, -0.2) is 51.9 Å². The number of hydrogen-bond acceptors (Lipinski definition) is 6. The van der Waals surface area contributed by atoms with Crippen LogP contribution in [0.5, 0.6) is 5.88 Å². The Morgan fingerprint density at radius 1 is 1.46 bits per heavy atom. The van der Waals surface area contributed by atoms with E-state index < -0.39 is 23.8 Å². The third-order valence-corrected chi connectivity index (χ3v) is 5.85. The van der Waals surface area contributed by atoms with E-state index in [1.54, 1.807) is 4.90 Å². The number of aromatic nitrogens is 1. The molecule has 0 bridgehead atoms. The molecule has 1 atom stereocenters. The monoisotopic (exact) mass is 467 g/mol. The van der Waals surface area contributed by atoms with Gasteiger partial charge in [-0.1, -0.05) is 11.6 Å². The van der Waals surface area contributed by atoms with E-state index in [0.29, 0.717) is 0 Å². The van der Waals surface area contributed by atoms with Gasteiger partial charge in [0, 0.05) is 25.0 Å². The van der Waals surface area contributed by atoms with Gasteiger partial charge in [0.2, 0.25) is 5.88 Å². The molecule has 1 unspecified atom stereocenters. The van der Waals surface area contributed by atoms with Crippen LogP contribution in [0.3, 0.4) is 0 Å². The molecule has 1 aromatic carbocycles. The summed E-state index contributed by atoms with van der Waals surface area (Å²) in [5.74, 6) is -1.43. The van der Waals surface area contributed by atoms with E-state index >= 15 is 0 Å². The van der Waals surface area contributed by atoms with Crippen molar-refractivity contribution < 1.29 is 19.4 Å². The minimum absolute atomic E-state index is 0.0257. The number of nitrogens with zero attached hydrogens (tertiary/aromatic N) is 5. The van der Waals surface area contributed by atoms with Crippen molar-refractivity contribution in [2.45, 2.75) is 12.5 Å². The van der Waals surface area contributed by atoms with E-state index in [1.165, 1.54) is 6.07 Å². The Balaban J connectivity index is 2.21. The Bertz CT molecular complexity index is 1070. The van der Waals surface area contributed by atoms with E-state index in [-0.39, 0.29) is 57.7 Å². The maximum atomic E-state index is 14.7. The molecule has 1 aromatic heterocycles. The van der Waals surface area contributed by atoms with Crippen molar-refractivity contribution in [3.63, 3.8) is 0 Å². The Kier molecular flexibility index (Phi) is 5.45. The number of carboxylic acid groups (broad SMARTS) is 1. The lowest BCUT2D eigenvalue weighted by Crippen LogP contribution is -2.55. The number of fused-ring (bicyclic) bond motifs is 1. The molecule has 0 radical (unpaired) electrons. The second kappa shape index (κ2) is 7.66. The summed E-state index contributed by atoms with van der Waals surface area (Å²) in [6, 6.07) is 4.59. The minimum atomic E-state index is -1.15. The van der Waals surface area contributed by atoms with Crippen LogP contribution in [0.1, 0.15) is 12.0 Å². The SMILES string of the molecule is N#CCC1CN(c2c(C#N)c(O)nc3c(F)c(Br)c(Cl)cc23)CCN1C(=O)O. The maximum Gasteiger partial charge on any atom is 0.407 e. The summed E-state index contributed by atoms with van der Waals surface area (Å²) >= 11 is 9.09. The van der Waals surface area contributed by atoms with Crippen molar-refractivity contribution in [3.8, 4) is 18.0 Å². The van der Waals surface area contributed by atoms with Gasteiger partial charge in [-0.15, -0.1) is 0 Å². The molecule has 2 heterocycles. The summed E-state index contributed by atoms with van der Waals surface area (Å²) in [5.41, 5.74) is -0.156. The van der Waals surface area contributed by atoms with Crippen molar-refractivity contribution in [2.75, 3.05) is 24.5 Å². The number of carbonyl (C=O) groups is 1. The van der Waals surface area contributed by atoms with Crippen LogP contribution in [0.2, 0.25) is 5.02 Å². The van der Waals surface area contributed by atoms with Gasteiger partial charge >= 0.3 is 6.09 Å². The average molecular weight is 469 g/mol. The topological polar surface area (TPSA) is 124 Å². The molecule has 11 heteroatoms. The molecular weight excluding hydrogens is 457 g/mol. The van der Waals surface area contributed by atoms with Crippen LogP contribution in [0, 0.1) is 28.5 Å². The number of aromatic hydroxyl groups is 1. The fourth-order valence-corrected chi connectivity index (χ4v) is 3.79. The summed E-state index contributed by atoms with van der Waals surface area (Å²) in [6.45, 7) is 0.336. The molecule has 1 saturated heterocycles. The number of pyridine rings is 1. The highest BCUT2D eigenvalue weighted by molar-refractivity contribution is 9.10. The second-order valence-electron chi connectivity index (χ2n) is 6.09. The van der Waals surface area contributed by atoms with Gasteiger partial charge in [0.25, 0.3) is 0 Å². The Labute approximate surface area is 172 Å². The number of halogens is 3. The summed E-state index contributed by atoms with van der Waals surface area (Å²) in [6.07, 6.45) is -1.21. The molecule has 1 fully saturated rings. The zero-order chi connectivity index (χ0) is 20.6. The van der Waals surface area contributed by atoms with Crippen LogP contribution < -0.4 is 4.90 Å². The molecule has 0 spiro atoms. The molecule has 0 saturated carbocycles. The molecule has 8 nitrogen and oxygen atoms in total. The number of benzene rings is 1. The van der Waals surface area contributed by atoms with E-state index in [2.05, 4.69) is 20.9 Å². The first kappa shape index (κ1) is 19.9. The van der Waals surface area contributed by atoms with E-state index in [9.17, 15) is 24.7 Å². The average Bonchev–Trinajstić information content (AvgIpc) is 2.66. The number of piperazine rings is 1. The Morgan fingerprint density at radius 3 is 2.79 bits per heavy atom. The van der Waals surface area contributed by atoms with Gasteiger partial charge in [-0.2, -0.15) is 10.5 Å². The number of hydrogen-bond donors (Lipinski definition) is 2. The van der Waals surface area contributed by atoms with Crippen molar-refractivity contribution in [1.82, 2.24) is 9.88 Å². The maximum absolute atomic E-state index is 14.7. The van der Waals surface area contributed by atoms with Crippen LogP contribution in [0.25, 0.3) is 10.9 Å². The van der Waals surface area contributed by atoms with Crippen molar-refractivity contribution in [3.05, 3.63) is 26.9 Å². The third kappa shape index (κ3) is 3.26. The molecule has 0 aliphatic carbocycles. The number of amides is 1. The fraction of sp³-hybridized carbons (Fsp3) is 0.294. The standard InChI is InChI=1S/C17H12BrClFN5O3/c18-12-11(19)5-9-14(13(12)20)23-16(26)10(6-22)15(9)24-3-4-25(17(27)28)8(7-24)1-2-21/h5,8H,1,3-4,7H2,(H,23,26)(H,27,28). The first-order valence-corrected chi connectivity index (χ1v) is 9.19. The summed E-state index contributed by atoms with van der Waals surface area (Å²) < 4.78 is 14.6. The van der Waals surface area contributed by atoms with E-state index in [4.69, 9.17) is 16.9 Å². The molecule has 1 amide bonds. The van der Waals surface area contributed by atoms with E-state index in [0.717, 1.165) is 4.90 Å². The molecule has 144 valence electrons. The van der Waals surface area contributed by atoms with Crippen LogP contribution >= 0.6 is 27.5 Å². The van der Waals surface area contributed by atoms with Gasteiger partial charge in [-0.05, 0) is 22.0 Å². The minimum Gasteiger partial charge on any atom is -0.492 e. The number of rotatable bonds is 2. The molecule has 3 rings (SSSR count). The summed E-state index contributed by atoms with van der Waals surface area (Å²) in [4.78, 5) is 18.0. The second-order valence-corrected chi connectivity index (χ2v) is 7.29. The summed E-state index contributed by atoms with van der Waals surface area (Å²) in [7, 11) is 0. The molecule has 2 N–H and O–H groups in total. The highest BCUT2D eigenvalue weighted by Gasteiger charge is 2.33. The third-order valence-electron chi connectivity index (χ3n) is 4.55. The lowest BCUT2D eigenvalue weighted by Gasteiger charge is -2.40. The smallest absolute Gasteiger partial charge is 0.407 e. The van der Waals surface area contributed by atoms with Gasteiger partial charge in [-0.25, -0.2) is 14.2 Å². The summed E-state index contributed by atoms with van der Waals surface area (Å²) in [5, 5.41) is 38.3.